The van der Waals surface area contributed by atoms with Gasteiger partial charge >= 0.3 is 0 Å². The van der Waals surface area contributed by atoms with Crippen molar-refractivity contribution in [1.29, 1.82) is 0 Å². The highest BCUT2D eigenvalue weighted by molar-refractivity contribution is 5.85. The minimum atomic E-state index is 0.886. The molecule has 2 aromatic heterocycles. The first kappa shape index (κ1) is 32.4. The minimum Gasteiger partial charge on any atom is -0.456 e. The summed E-state index contributed by atoms with van der Waals surface area (Å²) in [5.74, 6) is 1.77. The first-order valence-corrected chi connectivity index (χ1v) is 16.5. The molecule has 0 spiro atoms. The lowest BCUT2D eigenvalue weighted by atomic mass is 9.95. The molecule has 0 fully saturated rings. The van der Waals surface area contributed by atoms with Gasteiger partial charge < -0.3 is 4.74 Å². The normalized spacial score (nSPS) is 11.8. The quantitative estimate of drug-likeness (QED) is 0.194. The summed E-state index contributed by atoms with van der Waals surface area (Å²) in [6.45, 7) is 34.4. The van der Waals surface area contributed by atoms with Gasteiger partial charge in [-0.05, 0) is 200 Å². The van der Waals surface area contributed by atoms with E-state index in [0.717, 1.165) is 89.4 Å². The summed E-state index contributed by atoms with van der Waals surface area (Å²) in [6, 6.07) is 0. The van der Waals surface area contributed by atoms with Crippen LogP contribution in [0.25, 0.3) is 33.4 Å². The summed E-state index contributed by atoms with van der Waals surface area (Å²) in [5.41, 5.74) is 24.5. The molecule has 0 aliphatic carbocycles. The Labute approximate surface area is 279 Å². The van der Waals surface area contributed by atoms with E-state index >= 15 is 0 Å². The Hall–Kier alpha value is -4.52. The second-order valence-electron chi connectivity index (χ2n) is 13.8. The molecule has 0 bridgehead atoms. The molecule has 0 N–H and O–H groups in total. The molecule has 6 aromatic rings. The van der Waals surface area contributed by atoms with Gasteiger partial charge in [-0.1, -0.05) is 0 Å². The smallest absolute Gasteiger partial charge is 0.133 e. The van der Waals surface area contributed by atoms with Gasteiger partial charge in [0.1, 0.15) is 33.6 Å². The maximum atomic E-state index is 6.96. The van der Waals surface area contributed by atoms with Crippen molar-refractivity contribution in [2.24, 2.45) is 0 Å². The fourth-order valence-corrected chi connectivity index (χ4v) is 7.18. The van der Waals surface area contributed by atoms with Gasteiger partial charge in [-0.3, -0.25) is 0 Å². The summed E-state index contributed by atoms with van der Waals surface area (Å²) < 4.78 is 6.96. The average Bonchev–Trinajstić information content (AvgIpc) is 3.68. The SMILES string of the molecule is Cc1c(C)c(-n2nc3c(C)c(C)c(C)c(C)c3n2)c(C)c(C)c1Oc1c(C)c(C)c(-n2nc3c(C)c(C)c(C)c(C)c3n2)c(C)c1C. The summed E-state index contributed by atoms with van der Waals surface area (Å²) in [4.78, 5) is 3.68. The molecule has 0 saturated carbocycles. The number of aryl methyl sites for hydroxylation is 4. The van der Waals surface area contributed by atoms with Crippen LogP contribution in [0.4, 0.5) is 0 Å². The Morgan fingerprint density at radius 2 is 0.489 bits per heavy atom. The van der Waals surface area contributed by atoms with Gasteiger partial charge in [-0.25, -0.2) is 0 Å². The van der Waals surface area contributed by atoms with Gasteiger partial charge in [0.2, 0.25) is 0 Å². The van der Waals surface area contributed by atoms with Gasteiger partial charge in [0, 0.05) is 0 Å². The monoisotopic (exact) mass is 628 g/mol. The van der Waals surface area contributed by atoms with Crippen LogP contribution in [0.5, 0.6) is 11.5 Å². The van der Waals surface area contributed by atoms with Crippen LogP contribution < -0.4 is 4.74 Å². The third-order valence-corrected chi connectivity index (χ3v) is 11.7. The van der Waals surface area contributed by atoms with E-state index < -0.39 is 0 Å². The van der Waals surface area contributed by atoms with Crippen LogP contribution in [0.3, 0.4) is 0 Å². The number of nitrogens with zero attached hydrogens (tertiary/aromatic N) is 6. The lowest BCUT2D eigenvalue weighted by Gasteiger charge is -2.24. The highest BCUT2D eigenvalue weighted by Gasteiger charge is 2.25. The Morgan fingerprint density at radius 1 is 0.277 bits per heavy atom. The van der Waals surface area contributed by atoms with Crippen LogP contribution in [-0.4, -0.2) is 30.0 Å². The molecule has 6 rings (SSSR count). The maximum absolute atomic E-state index is 6.96. The summed E-state index contributed by atoms with van der Waals surface area (Å²) in [7, 11) is 0. The van der Waals surface area contributed by atoms with Crippen LogP contribution in [0.2, 0.25) is 0 Å². The van der Waals surface area contributed by atoms with E-state index in [2.05, 4.69) is 111 Å². The Balaban J connectivity index is 1.48. The van der Waals surface area contributed by atoms with Crippen LogP contribution in [0, 0.1) is 111 Å². The van der Waals surface area contributed by atoms with Crippen molar-refractivity contribution in [2.45, 2.75) is 111 Å². The lowest BCUT2D eigenvalue weighted by molar-refractivity contribution is 0.465. The number of rotatable bonds is 4. The summed E-state index contributed by atoms with van der Waals surface area (Å²) >= 11 is 0. The molecular weight excluding hydrogens is 580 g/mol. The Kier molecular flexibility index (Phi) is 7.61. The maximum Gasteiger partial charge on any atom is 0.133 e. The van der Waals surface area contributed by atoms with Gasteiger partial charge in [0.15, 0.2) is 0 Å². The van der Waals surface area contributed by atoms with Crippen molar-refractivity contribution in [3.05, 3.63) is 89.0 Å². The number of ether oxygens (including phenoxy) is 1. The molecule has 0 amide bonds. The first-order chi connectivity index (χ1) is 22.0. The molecule has 2 heterocycles. The lowest BCUT2D eigenvalue weighted by Crippen LogP contribution is -2.11. The summed E-state index contributed by atoms with van der Waals surface area (Å²) in [5, 5.41) is 20.2. The highest BCUT2D eigenvalue weighted by Crippen LogP contribution is 2.42. The molecule has 47 heavy (non-hydrogen) atoms. The van der Waals surface area contributed by atoms with Gasteiger partial charge in [-0.2, -0.15) is 0 Å². The zero-order valence-electron chi connectivity index (χ0n) is 31.1. The molecule has 244 valence electrons. The third-order valence-electron chi connectivity index (χ3n) is 11.7. The predicted molar refractivity (Wildman–Crippen MR) is 194 cm³/mol. The summed E-state index contributed by atoms with van der Waals surface area (Å²) in [6.07, 6.45) is 0. The van der Waals surface area contributed by atoms with Crippen molar-refractivity contribution in [3.8, 4) is 22.9 Å². The van der Waals surface area contributed by atoms with E-state index in [4.69, 9.17) is 25.1 Å². The number of benzene rings is 4. The van der Waals surface area contributed by atoms with E-state index in [1.165, 1.54) is 44.5 Å². The van der Waals surface area contributed by atoms with Crippen LogP contribution in [0.1, 0.15) is 89.0 Å². The van der Waals surface area contributed by atoms with E-state index in [1.54, 1.807) is 0 Å². The van der Waals surface area contributed by atoms with Crippen molar-refractivity contribution < 1.29 is 4.74 Å². The third kappa shape index (κ3) is 4.53. The second kappa shape index (κ2) is 11.0. The van der Waals surface area contributed by atoms with E-state index in [-0.39, 0.29) is 0 Å². The second-order valence-corrected chi connectivity index (χ2v) is 13.8. The van der Waals surface area contributed by atoms with Crippen molar-refractivity contribution in [3.63, 3.8) is 0 Å². The number of hydrogen-bond donors (Lipinski definition) is 0. The fourth-order valence-electron chi connectivity index (χ4n) is 7.18. The number of fused-ring (bicyclic) bond motifs is 2. The Morgan fingerprint density at radius 3 is 0.702 bits per heavy atom. The average molecular weight is 629 g/mol. The highest BCUT2D eigenvalue weighted by atomic mass is 16.5. The largest absolute Gasteiger partial charge is 0.456 e. The van der Waals surface area contributed by atoms with E-state index in [9.17, 15) is 0 Å². The van der Waals surface area contributed by atoms with E-state index in [0.29, 0.717) is 0 Å². The number of hydrogen-bond acceptors (Lipinski definition) is 5. The molecule has 0 atom stereocenters. The van der Waals surface area contributed by atoms with Crippen LogP contribution in [-0.2, 0) is 0 Å². The minimum absolute atomic E-state index is 0.886. The molecule has 0 saturated heterocycles. The number of aromatic nitrogens is 6. The topological polar surface area (TPSA) is 70.7 Å². The zero-order valence-corrected chi connectivity index (χ0v) is 31.1. The molecule has 4 aromatic carbocycles. The van der Waals surface area contributed by atoms with Crippen LogP contribution in [0.15, 0.2) is 0 Å². The van der Waals surface area contributed by atoms with Crippen molar-refractivity contribution in [1.82, 2.24) is 30.0 Å². The van der Waals surface area contributed by atoms with Crippen LogP contribution >= 0.6 is 0 Å². The van der Waals surface area contributed by atoms with E-state index in [1.807, 2.05) is 9.59 Å². The van der Waals surface area contributed by atoms with Gasteiger partial charge in [0.05, 0.1) is 11.4 Å². The Bertz CT molecular complexity index is 2020. The molecule has 7 heteroatoms. The fraction of sp³-hybridized carbons (Fsp3) is 0.400. The van der Waals surface area contributed by atoms with Gasteiger partial charge in [0.25, 0.3) is 0 Å². The predicted octanol–water partition coefficient (Wildman–Crippen LogP) is 9.88. The molecule has 0 aliphatic heterocycles. The first-order valence-electron chi connectivity index (χ1n) is 16.5. The van der Waals surface area contributed by atoms with Gasteiger partial charge in [-0.15, -0.1) is 30.0 Å². The standard InChI is InChI=1S/C40H48N6O/c1-17-18(2)22(6)34-33(21(17)5)41-45(42-34)37-25(9)29(13)39(30(14)26(37)10)47-40-31(15)27(11)38(28(12)32(40)16)46-43-35-23(7)19(3)20(4)24(8)36(35)44-46/h1-16H3. The zero-order chi connectivity index (χ0) is 34.5. The molecule has 0 radical (unpaired) electrons. The van der Waals surface area contributed by atoms with Crippen molar-refractivity contribution in [2.75, 3.05) is 0 Å². The molecule has 7 nitrogen and oxygen atoms in total. The van der Waals surface area contributed by atoms with Crippen molar-refractivity contribution >= 4 is 22.1 Å². The molecule has 0 aliphatic rings. The molecule has 0 unspecified atom stereocenters. The molecular formula is C40H48N6O.